The highest BCUT2D eigenvalue weighted by atomic mass is 35.5. The summed E-state index contributed by atoms with van der Waals surface area (Å²) in [5.74, 6) is -1.96. The van der Waals surface area contributed by atoms with E-state index in [-0.39, 0.29) is 17.1 Å². The number of halogens is 3. The number of hydrogen-bond donors (Lipinski definition) is 2. The molecule has 9 heteroatoms. The van der Waals surface area contributed by atoms with Crippen molar-refractivity contribution in [3.8, 4) is 6.07 Å². The van der Waals surface area contributed by atoms with Gasteiger partial charge in [0.1, 0.15) is 17.7 Å². The Morgan fingerprint density at radius 1 is 1.26 bits per heavy atom. The van der Waals surface area contributed by atoms with Crippen LogP contribution in [0.5, 0.6) is 0 Å². The molecule has 1 aliphatic rings. The summed E-state index contributed by atoms with van der Waals surface area (Å²) in [6.07, 6.45) is -1.77. The maximum Gasteiger partial charge on any atom is 0.408 e. The van der Waals surface area contributed by atoms with Crippen molar-refractivity contribution in [3.63, 3.8) is 0 Å². The molecular formula is C18H12ClF2N3O3. The van der Waals surface area contributed by atoms with Crippen molar-refractivity contribution in [2.75, 3.05) is 6.54 Å². The minimum atomic E-state index is -1.05. The Balaban J connectivity index is 1.98. The molecule has 0 radical (unpaired) electrons. The van der Waals surface area contributed by atoms with E-state index in [1.165, 1.54) is 24.3 Å². The molecule has 1 heterocycles. The van der Waals surface area contributed by atoms with E-state index in [1.807, 2.05) is 0 Å². The number of carbonyl (C=O) groups excluding carboxylic acids is 2. The van der Waals surface area contributed by atoms with E-state index in [2.05, 4.69) is 10.6 Å². The Morgan fingerprint density at radius 2 is 1.93 bits per heavy atom. The van der Waals surface area contributed by atoms with E-state index >= 15 is 0 Å². The van der Waals surface area contributed by atoms with Gasteiger partial charge in [-0.3, -0.25) is 4.79 Å². The number of benzene rings is 2. The number of nitrogens with one attached hydrogen (secondary N) is 2. The zero-order chi connectivity index (χ0) is 19.6. The molecule has 1 saturated heterocycles. The van der Waals surface area contributed by atoms with Gasteiger partial charge in [0, 0.05) is 0 Å². The largest absolute Gasteiger partial charge is 0.434 e. The van der Waals surface area contributed by atoms with Crippen LogP contribution in [0.2, 0.25) is 5.02 Å². The average molecular weight is 392 g/mol. The van der Waals surface area contributed by atoms with Gasteiger partial charge in [0.05, 0.1) is 23.2 Å². The van der Waals surface area contributed by atoms with Crippen molar-refractivity contribution in [2.45, 2.75) is 12.1 Å². The number of cyclic esters (lactones) is 1. The lowest BCUT2D eigenvalue weighted by atomic mass is 9.96. The standard InChI is InChI=1S/C18H12ClF2N3O3/c19-12-6-10(2-4-14(12)21)16(9-1-3-13(20)11(5-9)7-22)24-17(25)15-8-23-18(26)27-15/h1-6,15-16H,8H2,(H,23,26)(H,24,25)/t15?,16-/m1/s1. The lowest BCUT2D eigenvalue weighted by molar-refractivity contribution is -0.128. The number of amides is 2. The third kappa shape index (κ3) is 3.99. The van der Waals surface area contributed by atoms with E-state index in [1.54, 1.807) is 6.07 Å². The molecule has 6 nitrogen and oxygen atoms in total. The summed E-state index contributed by atoms with van der Waals surface area (Å²) in [6, 6.07) is 8.45. The highest BCUT2D eigenvalue weighted by Gasteiger charge is 2.31. The van der Waals surface area contributed by atoms with Gasteiger partial charge in [-0.05, 0) is 35.4 Å². The highest BCUT2D eigenvalue weighted by Crippen LogP contribution is 2.27. The van der Waals surface area contributed by atoms with Crippen LogP contribution in [-0.2, 0) is 9.53 Å². The lowest BCUT2D eigenvalue weighted by Gasteiger charge is -2.22. The fraction of sp³-hybridized carbons (Fsp3) is 0.167. The minimum absolute atomic E-state index is 0.00553. The minimum Gasteiger partial charge on any atom is -0.434 e. The molecule has 2 amide bonds. The first-order valence-electron chi connectivity index (χ1n) is 7.78. The summed E-state index contributed by atoms with van der Waals surface area (Å²) >= 11 is 5.83. The lowest BCUT2D eigenvalue weighted by Crippen LogP contribution is -2.39. The van der Waals surface area contributed by atoms with Crippen LogP contribution in [0.25, 0.3) is 0 Å². The number of rotatable bonds is 4. The van der Waals surface area contributed by atoms with Crippen molar-refractivity contribution in [2.24, 2.45) is 0 Å². The van der Waals surface area contributed by atoms with Crippen LogP contribution in [0.15, 0.2) is 36.4 Å². The van der Waals surface area contributed by atoms with Gasteiger partial charge >= 0.3 is 6.09 Å². The Bertz CT molecular complexity index is 961. The molecular weight excluding hydrogens is 380 g/mol. The first-order chi connectivity index (χ1) is 12.9. The van der Waals surface area contributed by atoms with Gasteiger partial charge in [0.2, 0.25) is 0 Å². The molecule has 138 valence electrons. The van der Waals surface area contributed by atoms with Gasteiger partial charge in [-0.15, -0.1) is 0 Å². The van der Waals surface area contributed by atoms with Crippen LogP contribution in [0.4, 0.5) is 13.6 Å². The number of carbonyl (C=O) groups is 2. The summed E-state index contributed by atoms with van der Waals surface area (Å²) in [4.78, 5) is 23.6. The SMILES string of the molecule is N#Cc1cc([C@@H](NC(=O)C2CNC(=O)O2)c2ccc(F)c(Cl)c2)ccc1F. The smallest absolute Gasteiger partial charge is 0.408 e. The molecule has 0 aliphatic carbocycles. The molecule has 2 N–H and O–H groups in total. The van der Waals surface area contributed by atoms with Gasteiger partial charge < -0.3 is 15.4 Å². The van der Waals surface area contributed by atoms with E-state index in [0.29, 0.717) is 11.1 Å². The molecule has 0 bridgehead atoms. The molecule has 27 heavy (non-hydrogen) atoms. The second-order valence-electron chi connectivity index (χ2n) is 5.74. The molecule has 0 aromatic heterocycles. The quantitative estimate of drug-likeness (QED) is 0.838. The molecule has 3 rings (SSSR count). The van der Waals surface area contributed by atoms with Crippen LogP contribution in [0, 0.1) is 23.0 Å². The number of hydrogen-bond acceptors (Lipinski definition) is 4. The molecule has 1 unspecified atom stereocenters. The number of ether oxygens (including phenoxy) is 1. The van der Waals surface area contributed by atoms with Gasteiger partial charge in [0.15, 0.2) is 6.10 Å². The zero-order valence-corrected chi connectivity index (χ0v) is 14.4. The monoisotopic (exact) mass is 391 g/mol. The number of nitriles is 1. The molecule has 1 fully saturated rings. The summed E-state index contributed by atoms with van der Waals surface area (Å²) < 4.78 is 32.0. The third-order valence-corrected chi connectivity index (χ3v) is 4.27. The van der Waals surface area contributed by atoms with E-state index < -0.39 is 35.8 Å². The second-order valence-corrected chi connectivity index (χ2v) is 6.15. The van der Waals surface area contributed by atoms with Crippen LogP contribution in [-0.4, -0.2) is 24.6 Å². The predicted octanol–water partition coefficient (Wildman–Crippen LogP) is 2.80. The average Bonchev–Trinajstić information content (AvgIpc) is 3.09. The molecule has 2 atom stereocenters. The van der Waals surface area contributed by atoms with Crippen LogP contribution >= 0.6 is 11.6 Å². The van der Waals surface area contributed by atoms with Crippen molar-refractivity contribution in [1.82, 2.24) is 10.6 Å². The summed E-state index contributed by atoms with van der Waals surface area (Å²) in [5, 5.41) is 13.9. The van der Waals surface area contributed by atoms with Crippen LogP contribution < -0.4 is 10.6 Å². The summed E-state index contributed by atoms with van der Waals surface area (Å²) in [5.41, 5.74) is 0.567. The van der Waals surface area contributed by atoms with Gasteiger partial charge in [-0.2, -0.15) is 5.26 Å². The Hall–Kier alpha value is -3.18. The fourth-order valence-corrected chi connectivity index (χ4v) is 2.82. The van der Waals surface area contributed by atoms with Crippen molar-refractivity contribution >= 4 is 23.6 Å². The second kappa shape index (κ2) is 7.60. The van der Waals surface area contributed by atoms with Crippen molar-refractivity contribution < 1.29 is 23.1 Å². The Morgan fingerprint density at radius 3 is 2.52 bits per heavy atom. The van der Waals surface area contributed by atoms with Gasteiger partial charge in [-0.25, -0.2) is 13.6 Å². The first kappa shape index (κ1) is 18.6. The van der Waals surface area contributed by atoms with Crippen LogP contribution in [0.3, 0.4) is 0 Å². The Kier molecular flexibility index (Phi) is 5.23. The normalized spacial score (nSPS) is 16.8. The van der Waals surface area contributed by atoms with Crippen LogP contribution in [0.1, 0.15) is 22.7 Å². The van der Waals surface area contributed by atoms with Gasteiger partial charge in [-0.1, -0.05) is 23.7 Å². The molecule has 1 aliphatic heterocycles. The number of nitrogens with zero attached hydrogens (tertiary/aromatic N) is 1. The summed E-state index contributed by atoms with van der Waals surface area (Å²) in [7, 11) is 0. The zero-order valence-electron chi connectivity index (χ0n) is 13.6. The predicted molar refractivity (Wildman–Crippen MR) is 90.8 cm³/mol. The molecule has 2 aromatic carbocycles. The van der Waals surface area contributed by atoms with Crippen molar-refractivity contribution in [3.05, 3.63) is 69.7 Å². The topological polar surface area (TPSA) is 91.2 Å². The maximum absolute atomic E-state index is 13.7. The van der Waals surface area contributed by atoms with E-state index in [0.717, 1.165) is 12.1 Å². The van der Waals surface area contributed by atoms with Crippen molar-refractivity contribution in [1.29, 1.82) is 5.26 Å². The molecule has 0 saturated carbocycles. The first-order valence-corrected chi connectivity index (χ1v) is 8.16. The highest BCUT2D eigenvalue weighted by molar-refractivity contribution is 6.30. The Labute approximate surface area is 157 Å². The molecule has 0 spiro atoms. The fourth-order valence-electron chi connectivity index (χ4n) is 2.63. The maximum atomic E-state index is 13.7. The summed E-state index contributed by atoms with van der Waals surface area (Å²) in [6.45, 7) is -0.00553. The van der Waals surface area contributed by atoms with E-state index in [4.69, 9.17) is 21.6 Å². The number of alkyl carbamates (subject to hydrolysis) is 1. The third-order valence-electron chi connectivity index (χ3n) is 3.98. The van der Waals surface area contributed by atoms with Gasteiger partial charge in [0.25, 0.3) is 5.91 Å². The van der Waals surface area contributed by atoms with E-state index in [9.17, 15) is 18.4 Å². The molecule has 2 aromatic rings.